The van der Waals surface area contributed by atoms with Gasteiger partial charge in [0, 0.05) is 56.2 Å². The molecule has 2 aliphatic heterocycles. The van der Waals surface area contributed by atoms with Crippen LogP contribution in [0.2, 0.25) is 0 Å². The Morgan fingerprint density at radius 2 is 1.30 bits per heavy atom. The second kappa shape index (κ2) is 6.75. The van der Waals surface area contributed by atoms with E-state index in [9.17, 15) is 0 Å². The van der Waals surface area contributed by atoms with Crippen LogP contribution in [0.25, 0.3) is 0 Å². The van der Waals surface area contributed by atoms with Gasteiger partial charge in [-0.1, -0.05) is 48.5 Å². The predicted octanol–water partition coefficient (Wildman–Crippen LogP) is 4.36. The van der Waals surface area contributed by atoms with Crippen LogP contribution in [-0.4, -0.2) is 33.2 Å². The van der Waals surface area contributed by atoms with Crippen molar-refractivity contribution in [3.63, 3.8) is 0 Å². The molecule has 0 saturated carbocycles. The number of para-hydroxylation sites is 2. The largest absolute Gasteiger partial charge is 0.369 e. The van der Waals surface area contributed by atoms with Gasteiger partial charge in [0.2, 0.25) is 0 Å². The summed E-state index contributed by atoms with van der Waals surface area (Å²) in [7, 11) is 2.17. The molecule has 0 bridgehead atoms. The van der Waals surface area contributed by atoms with Crippen LogP contribution in [0, 0.1) is 0 Å². The third-order valence-corrected chi connectivity index (χ3v) is 5.93. The molecular weight excluding hydrogens is 330 g/mol. The summed E-state index contributed by atoms with van der Waals surface area (Å²) < 4.78 is 0. The van der Waals surface area contributed by atoms with Gasteiger partial charge >= 0.3 is 0 Å². The minimum Gasteiger partial charge on any atom is -0.369 e. The molecule has 3 nitrogen and oxygen atoms in total. The fourth-order valence-corrected chi connectivity index (χ4v) is 4.53. The van der Waals surface area contributed by atoms with Gasteiger partial charge in [0.15, 0.2) is 0 Å². The van der Waals surface area contributed by atoms with Crippen LogP contribution in [0.5, 0.6) is 0 Å². The number of fused-ring (bicyclic) bond motifs is 2. The molecule has 0 aliphatic carbocycles. The SMILES string of the molecule is CN1c2ccccc2C(c2ccc(N3CCNCC3)cc2)c2ccccc21. The molecule has 3 heteroatoms. The molecule has 0 spiro atoms. The summed E-state index contributed by atoms with van der Waals surface area (Å²) in [4.78, 5) is 4.78. The maximum Gasteiger partial charge on any atom is 0.0450 e. The van der Waals surface area contributed by atoms with Crippen LogP contribution in [0.1, 0.15) is 22.6 Å². The standard InChI is InChI=1S/C24H25N3/c1-26-22-8-4-2-6-20(22)24(21-7-3-5-9-23(21)26)18-10-12-19(13-11-18)27-16-14-25-15-17-27/h2-13,24-25H,14-17H2,1H3. The number of nitrogens with zero attached hydrogens (tertiary/aromatic N) is 2. The molecule has 136 valence electrons. The number of hydrogen-bond donors (Lipinski definition) is 1. The van der Waals surface area contributed by atoms with E-state index in [1.165, 1.54) is 33.8 Å². The smallest absolute Gasteiger partial charge is 0.0450 e. The zero-order chi connectivity index (χ0) is 18.2. The summed E-state index contributed by atoms with van der Waals surface area (Å²) in [6.45, 7) is 4.30. The highest BCUT2D eigenvalue weighted by molar-refractivity contribution is 5.77. The lowest BCUT2D eigenvalue weighted by Crippen LogP contribution is -2.43. The summed E-state index contributed by atoms with van der Waals surface area (Å²) in [5.74, 6) is 0.283. The fourth-order valence-electron chi connectivity index (χ4n) is 4.53. The van der Waals surface area contributed by atoms with Gasteiger partial charge in [0.05, 0.1) is 0 Å². The average Bonchev–Trinajstić information content (AvgIpc) is 2.75. The van der Waals surface area contributed by atoms with Crippen LogP contribution < -0.4 is 15.1 Å². The first kappa shape index (κ1) is 16.4. The average molecular weight is 355 g/mol. The van der Waals surface area contributed by atoms with Crippen molar-refractivity contribution in [1.82, 2.24) is 5.32 Å². The first-order valence-electron chi connectivity index (χ1n) is 9.80. The van der Waals surface area contributed by atoms with Crippen LogP contribution in [0.3, 0.4) is 0 Å². The number of nitrogens with one attached hydrogen (secondary N) is 1. The molecule has 0 amide bonds. The molecular formula is C24H25N3. The molecule has 2 aliphatic rings. The van der Waals surface area contributed by atoms with E-state index in [2.05, 4.69) is 95.0 Å². The second-order valence-electron chi connectivity index (χ2n) is 7.44. The van der Waals surface area contributed by atoms with Crippen molar-refractivity contribution in [3.8, 4) is 0 Å². The van der Waals surface area contributed by atoms with Crippen LogP contribution in [0.15, 0.2) is 72.8 Å². The molecule has 0 aromatic heterocycles. The van der Waals surface area contributed by atoms with Crippen LogP contribution >= 0.6 is 0 Å². The van der Waals surface area contributed by atoms with E-state index in [4.69, 9.17) is 0 Å². The van der Waals surface area contributed by atoms with Gasteiger partial charge in [-0.25, -0.2) is 0 Å². The Morgan fingerprint density at radius 1 is 0.741 bits per heavy atom. The van der Waals surface area contributed by atoms with Crippen LogP contribution in [-0.2, 0) is 0 Å². The summed E-state index contributed by atoms with van der Waals surface area (Å²) in [6, 6.07) is 26.8. The van der Waals surface area contributed by atoms with Gasteiger partial charge < -0.3 is 15.1 Å². The normalized spacial score (nSPS) is 16.8. The lowest BCUT2D eigenvalue weighted by molar-refractivity contribution is 0.589. The Labute approximate surface area is 161 Å². The monoisotopic (exact) mass is 355 g/mol. The molecule has 2 heterocycles. The molecule has 3 aromatic carbocycles. The third kappa shape index (κ3) is 2.79. The lowest BCUT2D eigenvalue weighted by atomic mass is 9.80. The highest BCUT2D eigenvalue weighted by atomic mass is 15.2. The van der Waals surface area contributed by atoms with Crippen molar-refractivity contribution in [2.24, 2.45) is 0 Å². The summed E-state index contributed by atoms with van der Waals surface area (Å²) in [5.41, 5.74) is 8.05. The first-order valence-corrected chi connectivity index (χ1v) is 9.80. The van der Waals surface area contributed by atoms with E-state index in [-0.39, 0.29) is 5.92 Å². The van der Waals surface area contributed by atoms with Gasteiger partial charge in [-0.05, 0) is 41.0 Å². The molecule has 0 unspecified atom stereocenters. The number of piperazine rings is 1. The maximum atomic E-state index is 3.43. The molecule has 0 atom stereocenters. The molecule has 3 aromatic rings. The van der Waals surface area contributed by atoms with Crippen molar-refractivity contribution in [2.45, 2.75) is 5.92 Å². The molecule has 27 heavy (non-hydrogen) atoms. The minimum absolute atomic E-state index is 0.283. The second-order valence-corrected chi connectivity index (χ2v) is 7.44. The Balaban J connectivity index is 1.57. The van der Waals surface area contributed by atoms with E-state index < -0.39 is 0 Å². The maximum absolute atomic E-state index is 3.43. The van der Waals surface area contributed by atoms with Crippen molar-refractivity contribution in [2.75, 3.05) is 43.0 Å². The van der Waals surface area contributed by atoms with Crippen molar-refractivity contribution in [1.29, 1.82) is 0 Å². The van der Waals surface area contributed by atoms with Crippen molar-refractivity contribution >= 4 is 17.1 Å². The number of rotatable bonds is 2. The Morgan fingerprint density at radius 3 is 1.89 bits per heavy atom. The predicted molar refractivity (Wildman–Crippen MR) is 113 cm³/mol. The summed E-state index contributed by atoms with van der Waals surface area (Å²) in [5, 5.41) is 3.43. The summed E-state index contributed by atoms with van der Waals surface area (Å²) >= 11 is 0. The zero-order valence-corrected chi connectivity index (χ0v) is 15.7. The highest BCUT2D eigenvalue weighted by Crippen LogP contribution is 2.47. The molecule has 1 saturated heterocycles. The van der Waals surface area contributed by atoms with Gasteiger partial charge in [-0.15, -0.1) is 0 Å². The Bertz CT molecular complexity index is 894. The van der Waals surface area contributed by atoms with E-state index in [0.29, 0.717) is 0 Å². The van der Waals surface area contributed by atoms with E-state index >= 15 is 0 Å². The topological polar surface area (TPSA) is 18.5 Å². The van der Waals surface area contributed by atoms with Gasteiger partial charge in [-0.2, -0.15) is 0 Å². The Kier molecular flexibility index (Phi) is 4.10. The molecule has 1 N–H and O–H groups in total. The van der Waals surface area contributed by atoms with Crippen molar-refractivity contribution < 1.29 is 0 Å². The van der Waals surface area contributed by atoms with E-state index in [1.807, 2.05) is 0 Å². The van der Waals surface area contributed by atoms with Gasteiger partial charge in [0.1, 0.15) is 0 Å². The molecule has 1 fully saturated rings. The van der Waals surface area contributed by atoms with E-state index in [1.54, 1.807) is 0 Å². The minimum atomic E-state index is 0.283. The van der Waals surface area contributed by atoms with E-state index in [0.717, 1.165) is 26.2 Å². The zero-order valence-electron chi connectivity index (χ0n) is 15.7. The quantitative estimate of drug-likeness (QED) is 0.737. The number of benzene rings is 3. The first-order chi connectivity index (χ1) is 13.3. The number of hydrogen-bond acceptors (Lipinski definition) is 3. The lowest BCUT2D eigenvalue weighted by Gasteiger charge is -2.36. The highest BCUT2D eigenvalue weighted by Gasteiger charge is 2.29. The molecule has 5 rings (SSSR count). The number of anilines is 3. The molecule has 0 radical (unpaired) electrons. The van der Waals surface area contributed by atoms with Crippen LogP contribution in [0.4, 0.5) is 17.1 Å². The van der Waals surface area contributed by atoms with Gasteiger partial charge in [-0.3, -0.25) is 0 Å². The fraction of sp³-hybridized carbons (Fsp3) is 0.250. The summed E-state index contributed by atoms with van der Waals surface area (Å²) in [6.07, 6.45) is 0. The van der Waals surface area contributed by atoms with Crippen molar-refractivity contribution in [3.05, 3.63) is 89.5 Å². The Hall–Kier alpha value is -2.78. The third-order valence-electron chi connectivity index (χ3n) is 5.93. The van der Waals surface area contributed by atoms with Gasteiger partial charge in [0.25, 0.3) is 0 Å².